The van der Waals surface area contributed by atoms with Crippen LogP contribution in [-0.4, -0.2) is 9.97 Å². The van der Waals surface area contributed by atoms with Crippen molar-refractivity contribution in [2.45, 2.75) is 25.3 Å². The minimum absolute atomic E-state index is 0.131. The monoisotopic (exact) mass is 315 g/mol. The summed E-state index contributed by atoms with van der Waals surface area (Å²) in [6.45, 7) is 0. The zero-order valence-corrected chi connectivity index (χ0v) is 12.9. The molecule has 0 amide bonds. The topological polar surface area (TPSA) is 51.8 Å². The van der Waals surface area contributed by atoms with Gasteiger partial charge >= 0.3 is 0 Å². The van der Waals surface area contributed by atoms with Gasteiger partial charge in [0.05, 0.1) is 16.2 Å². The molecular formula is C16H14ClN3S. The van der Waals surface area contributed by atoms with E-state index in [1.807, 2.05) is 24.3 Å². The number of nitrogens with zero attached hydrogens (tertiary/aromatic N) is 2. The maximum absolute atomic E-state index is 6.26. The third kappa shape index (κ3) is 2.14. The Morgan fingerprint density at radius 3 is 3.05 bits per heavy atom. The highest BCUT2D eigenvalue weighted by atomic mass is 35.5. The van der Waals surface area contributed by atoms with E-state index in [0.29, 0.717) is 0 Å². The summed E-state index contributed by atoms with van der Waals surface area (Å²) in [7, 11) is 0. The number of hydrogen-bond acceptors (Lipinski definition) is 4. The molecule has 0 radical (unpaired) electrons. The number of nitrogens with two attached hydrogens (primary N) is 1. The van der Waals surface area contributed by atoms with Gasteiger partial charge in [-0.25, -0.2) is 4.98 Å². The Kier molecular flexibility index (Phi) is 3.17. The standard InChI is InChI=1S/C16H14ClN3S/c17-11-7-6-10(14-9(11)3-2-8-19-14)16-20-13-5-1-4-12(18)15(13)21-16/h2-3,6-8,12H,1,4-5,18H2. The first kappa shape index (κ1) is 13.2. The normalized spacial score (nSPS) is 17.9. The minimum atomic E-state index is 0.131. The maximum Gasteiger partial charge on any atom is 0.126 e. The molecule has 0 fully saturated rings. The molecule has 0 bridgehead atoms. The van der Waals surface area contributed by atoms with Gasteiger partial charge in [-0.1, -0.05) is 11.6 Å². The highest BCUT2D eigenvalue weighted by Gasteiger charge is 2.23. The molecule has 1 unspecified atom stereocenters. The van der Waals surface area contributed by atoms with E-state index >= 15 is 0 Å². The molecule has 106 valence electrons. The number of thiazole rings is 1. The van der Waals surface area contributed by atoms with Crippen molar-refractivity contribution in [2.75, 3.05) is 0 Å². The van der Waals surface area contributed by atoms with Crippen LogP contribution in [0, 0.1) is 0 Å². The predicted octanol–water partition coefficient (Wildman–Crippen LogP) is 4.35. The molecule has 21 heavy (non-hydrogen) atoms. The van der Waals surface area contributed by atoms with E-state index in [9.17, 15) is 0 Å². The van der Waals surface area contributed by atoms with Crippen molar-refractivity contribution in [3.05, 3.63) is 46.1 Å². The quantitative estimate of drug-likeness (QED) is 0.726. The molecule has 2 aromatic heterocycles. The SMILES string of the molecule is NC1CCCc2nc(-c3ccc(Cl)c4cccnc34)sc21. The van der Waals surface area contributed by atoms with Crippen molar-refractivity contribution in [1.82, 2.24) is 9.97 Å². The third-order valence-corrected chi connectivity index (χ3v) is 5.53. The highest BCUT2D eigenvalue weighted by molar-refractivity contribution is 7.15. The van der Waals surface area contributed by atoms with Gasteiger partial charge in [0, 0.05) is 28.1 Å². The predicted molar refractivity (Wildman–Crippen MR) is 87.7 cm³/mol. The Bertz CT molecular complexity index is 828. The fraction of sp³-hybridized carbons (Fsp3) is 0.250. The molecule has 1 atom stereocenters. The van der Waals surface area contributed by atoms with Crippen molar-refractivity contribution in [1.29, 1.82) is 0 Å². The molecule has 0 aliphatic heterocycles. The number of hydrogen-bond donors (Lipinski definition) is 1. The number of fused-ring (bicyclic) bond motifs is 2. The number of rotatable bonds is 1. The number of aryl methyl sites for hydroxylation is 1. The van der Waals surface area contributed by atoms with Crippen LogP contribution in [0.4, 0.5) is 0 Å². The minimum Gasteiger partial charge on any atom is -0.323 e. The average molecular weight is 316 g/mol. The second-order valence-electron chi connectivity index (χ2n) is 5.32. The van der Waals surface area contributed by atoms with E-state index in [1.54, 1.807) is 17.5 Å². The molecule has 2 heterocycles. The Morgan fingerprint density at radius 2 is 2.19 bits per heavy atom. The van der Waals surface area contributed by atoms with Crippen LogP contribution < -0.4 is 5.73 Å². The van der Waals surface area contributed by atoms with Crippen molar-refractivity contribution < 1.29 is 0 Å². The van der Waals surface area contributed by atoms with Crippen LogP contribution in [0.3, 0.4) is 0 Å². The molecule has 4 rings (SSSR count). The highest BCUT2D eigenvalue weighted by Crippen LogP contribution is 2.39. The van der Waals surface area contributed by atoms with Gasteiger partial charge < -0.3 is 5.73 Å². The number of aromatic nitrogens is 2. The molecule has 1 aliphatic rings. The molecule has 1 aromatic carbocycles. The summed E-state index contributed by atoms with van der Waals surface area (Å²) in [5, 5.41) is 2.69. The van der Waals surface area contributed by atoms with Crippen LogP contribution in [-0.2, 0) is 6.42 Å². The zero-order valence-electron chi connectivity index (χ0n) is 11.3. The first-order valence-electron chi connectivity index (χ1n) is 7.03. The summed E-state index contributed by atoms with van der Waals surface area (Å²) in [5.74, 6) is 0. The molecule has 0 spiro atoms. The van der Waals surface area contributed by atoms with E-state index < -0.39 is 0 Å². The summed E-state index contributed by atoms with van der Waals surface area (Å²) >= 11 is 7.96. The number of halogens is 1. The van der Waals surface area contributed by atoms with Gasteiger partial charge in [0.1, 0.15) is 5.01 Å². The van der Waals surface area contributed by atoms with Gasteiger partial charge in [0.2, 0.25) is 0 Å². The molecule has 2 N–H and O–H groups in total. The van der Waals surface area contributed by atoms with Crippen molar-refractivity contribution >= 4 is 33.8 Å². The first-order chi connectivity index (χ1) is 10.2. The average Bonchev–Trinajstić information content (AvgIpc) is 2.93. The lowest BCUT2D eigenvalue weighted by atomic mass is 9.99. The Hall–Kier alpha value is -1.49. The van der Waals surface area contributed by atoms with E-state index in [1.165, 1.54) is 4.88 Å². The molecule has 3 aromatic rings. The summed E-state index contributed by atoms with van der Waals surface area (Å²) in [6, 6.07) is 7.95. The van der Waals surface area contributed by atoms with Crippen molar-refractivity contribution in [3.63, 3.8) is 0 Å². The van der Waals surface area contributed by atoms with E-state index in [0.717, 1.165) is 51.5 Å². The lowest BCUT2D eigenvalue weighted by Crippen LogP contribution is -2.15. The largest absolute Gasteiger partial charge is 0.323 e. The lowest BCUT2D eigenvalue weighted by molar-refractivity contribution is 0.573. The van der Waals surface area contributed by atoms with Crippen molar-refractivity contribution in [3.8, 4) is 10.6 Å². The Morgan fingerprint density at radius 1 is 1.29 bits per heavy atom. The summed E-state index contributed by atoms with van der Waals surface area (Å²) in [6.07, 6.45) is 4.99. The van der Waals surface area contributed by atoms with Gasteiger partial charge in [-0.15, -0.1) is 11.3 Å². The zero-order chi connectivity index (χ0) is 14.4. The van der Waals surface area contributed by atoms with Crippen molar-refractivity contribution in [2.24, 2.45) is 5.73 Å². The second kappa shape index (κ2) is 5.05. The lowest BCUT2D eigenvalue weighted by Gasteiger charge is -2.15. The Balaban J connectivity index is 1.93. The molecular weight excluding hydrogens is 302 g/mol. The first-order valence-corrected chi connectivity index (χ1v) is 8.22. The van der Waals surface area contributed by atoms with Gasteiger partial charge in [-0.05, 0) is 43.5 Å². The van der Waals surface area contributed by atoms with Crippen LogP contribution in [0.2, 0.25) is 5.02 Å². The van der Waals surface area contributed by atoms with E-state index in [-0.39, 0.29) is 6.04 Å². The second-order valence-corrected chi connectivity index (χ2v) is 6.76. The summed E-state index contributed by atoms with van der Waals surface area (Å²) in [5.41, 5.74) is 9.32. The van der Waals surface area contributed by atoms with Crippen LogP contribution in [0.5, 0.6) is 0 Å². The van der Waals surface area contributed by atoms with Crippen LogP contribution in [0.1, 0.15) is 29.5 Å². The maximum atomic E-state index is 6.26. The fourth-order valence-electron chi connectivity index (χ4n) is 2.88. The summed E-state index contributed by atoms with van der Waals surface area (Å²) < 4.78 is 0. The van der Waals surface area contributed by atoms with Gasteiger partial charge in [-0.2, -0.15) is 0 Å². The van der Waals surface area contributed by atoms with Crippen LogP contribution in [0.25, 0.3) is 21.5 Å². The molecule has 1 aliphatic carbocycles. The fourth-order valence-corrected chi connectivity index (χ4v) is 4.27. The molecule has 3 nitrogen and oxygen atoms in total. The number of pyridine rings is 1. The van der Waals surface area contributed by atoms with Gasteiger partial charge in [0.15, 0.2) is 0 Å². The summed E-state index contributed by atoms with van der Waals surface area (Å²) in [4.78, 5) is 10.5. The van der Waals surface area contributed by atoms with Crippen LogP contribution in [0.15, 0.2) is 30.5 Å². The smallest absolute Gasteiger partial charge is 0.126 e. The molecule has 0 saturated heterocycles. The van der Waals surface area contributed by atoms with Gasteiger partial charge in [0.25, 0.3) is 0 Å². The van der Waals surface area contributed by atoms with E-state index in [2.05, 4.69) is 4.98 Å². The van der Waals surface area contributed by atoms with Gasteiger partial charge in [-0.3, -0.25) is 4.98 Å². The van der Waals surface area contributed by atoms with Crippen LogP contribution >= 0.6 is 22.9 Å². The Labute approximate surface area is 131 Å². The molecule has 5 heteroatoms. The third-order valence-electron chi connectivity index (χ3n) is 3.94. The van der Waals surface area contributed by atoms with E-state index in [4.69, 9.17) is 22.3 Å². The number of benzene rings is 1. The molecule has 0 saturated carbocycles.